The zero-order chi connectivity index (χ0) is 20.5. The lowest BCUT2D eigenvalue weighted by Crippen LogP contribution is -2.46. The molecule has 1 aliphatic rings. The summed E-state index contributed by atoms with van der Waals surface area (Å²) in [5, 5.41) is 14.8. The normalized spacial score (nSPS) is 16.0. The molecule has 166 valence electrons. The molecule has 1 aliphatic heterocycles. The average molecular weight is 531 g/mol. The first-order chi connectivity index (χ1) is 14.2. The van der Waals surface area contributed by atoms with Crippen molar-refractivity contribution in [2.24, 2.45) is 4.99 Å². The molecule has 1 fully saturated rings. The number of aryl methyl sites for hydroxylation is 1. The maximum absolute atomic E-state index is 13.8. The lowest BCUT2D eigenvalue weighted by atomic mass is 10.0. The van der Waals surface area contributed by atoms with Crippen LogP contribution < -0.4 is 10.6 Å². The smallest absolute Gasteiger partial charge is 0.191 e. The zero-order valence-electron chi connectivity index (χ0n) is 17.6. The largest absolute Gasteiger partial charge is 0.379 e. The SMILES string of the molecule is CCc1nncn1CCNC(=NC)NCC(c1cccc(F)c1)N1CCOCC1.I. The number of hydrogen-bond acceptors (Lipinski definition) is 5. The molecule has 2 N–H and O–H groups in total. The van der Waals surface area contributed by atoms with E-state index in [-0.39, 0.29) is 35.8 Å². The first-order valence-electron chi connectivity index (χ1n) is 10.1. The van der Waals surface area contributed by atoms with Crippen molar-refractivity contribution >= 4 is 29.9 Å². The Hall–Kier alpha value is -1.79. The van der Waals surface area contributed by atoms with Crippen LogP contribution in [0.3, 0.4) is 0 Å². The molecular weight excluding hydrogens is 500 g/mol. The standard InChI is InChI=1S/C20H30FN7O.HI/c1-3-19-26-25-15-28(19)8-7-23-20(22-2)24-14-18(27-9-11-29-12-10-27)16-5-4-6-17(21)13-16;/h4-6,13,15,18H,3,7-12,14H2,1-2H3,(H2,22,23,24);1H. The minimum atomic E-state index is -0.219. The number of ether oxygens (including phenoxy) is 1. The van der Waals surface area contributed by atoms with Gasteiger partial charge in [-0.15, -0.1) is 34.2 Å². The summed E-state index contributed by atoms with van der Waals surface area (Å²) in [6.45, 7) is 7.17. The van der Waals surface area contributed by atoms with E-state index in [2.05, 4.69) is 37.6 Å². The van der Waals surface area contributed by atoms with Crippen molar-refractivity contribution < 1.29 is 9.13 Å². The van der Waals surface area contributed by atoms with E-state index >= 15 is 0 Å². The van der Waals surface area contributed by atoms with Crippen molar-refractivity contribution in [3.8, 4) is 0 Å². The monoisotopic (exact) mass is 531 g/mol. The molecule has 1 aromatic heterocycles. The minimum absolute atomic E-state index is 0. The Kier molecular flexibility index (Phi) is 10.4. The molecule has 1 aromatic carbocycles. The second-order valence-corrected chi connectivity index (χ2v) is 6.89. The maximum Gasteiger partial charge on any atom is 0.191 e. The second kappa shape index (κ2) is 12.8. The van der Waals surface area contributed by atoms with Crippen molar-refractivity contribution in [3.05, 3.63) is 47.8 Å². The van der Waals surface area contributed by atoms with E-state index in [1.54, 1.807) is 25.5 Å². The summed E-state index contributed by atoms with van der Waals surface area (Å²) >= 11 is 0. The van der Waals surface area contributed by atoms with E-state index in [1.807, 2.05) is 10.6 Å². The van der Waals surface area contributed by atoms with Crippen LogP contribution in [0.5, 0.6) is 0 Å². The Morgan fingerprint density at radius 2 is 2.10 bits per heavy atom. The zero-order valence-corrected chi connectivity index (χ0v) is 19.9. The van der Waals surface area contributed by atoms with E-state index in [0.717, 1.165) is 37.4 Å². The summed E-state index contributed by atoms with van der Waals surface area (Å²) in [5.41, 5.74) is 0.951. The van der Waals surface area contributed by atoms with Gasteiger partial charge in [-0.1, -0.05) is 19.1 Å². The molecule has 0 spiro atoms. The van der Waals surface area contributed by atoms with Gasteiger partial charge in [-0.2, -0.15) is 0 Å². The third-order valence-electron chi connectivity index (χ3n) is 5.06. The summed E-state index contributed by atoms with van der Waals surface area (Å²) in [7, 11) is 1.75. The molecule has 2 heterocycles. The molecule has 0 amide bonds. The number of halogens is 2. The summed E-state index contributed by atoms with van der Waals surface area (Å²) < 4.78 is 21.3. The molecule has 1 atom stereocenters. The van der Waals surface area contributed by atoms with Gasteiger partial charge in [0.25, 0.3) is 0 Å². The fourth-order valence-electron chi connectivity index (χ4n) is 3.51. The number of guanidine groups is 1. The fourth-order valence-corrected chi connectivity index (χ4v) is 3.51. The number of benzene rings is 1. The van der Waals surface area contributed by atoms with E-state index < -0.39 is 0 Å². The van der Waals surface area contributed by atoms with E-state index in [0.29, 0.717) is 32.3 Å². The van der Waals surface area contributed by atoms with Gasteiger partial charge in [0.1, 0.15) is 18.0 Å². The lowest BCUT2D eigenvalue weighted by molar-refractivity contribution is 0.0169. The van der Waals surface area contributed by atoms with Crippen LogP contribution in [0.25, 0.3) is 0 Å². The number of nitrogens with one attached hydrogen (secondary N) is 2. The van der Waals surface area contributed by atoms with Crippen LogP contribution >= 0.6 is 24.0 Å². The Labute approximate surface area is 194 Å². The van der Waals surface area contributed by atoms with Gasteiger partial charge in [-0.3, -0.25) is 9.89 Å². The van der Waals surface area contributed by atoms with Crippen LogP contribution in [0.2, 0.25) is 0 Å². The van der Waals surface area contributed by atoms with Gasteiger partial charge in [-0.25, -0.2) is 4.39 Å². The van der Waals surface area contributed by atoms with Crippen molar-refractivity contribution in [2.75, 3.05) is 46.4 Å². The van der Waals surface area contributed by atoms with Crippen LogP contribution in [-0.2, 0) is 17.7 Å². The molecule has 0 aliphatic carbocycles. The van der Waals surface area contributed by atoms with Gasteiger partial charge in [0.05, 0.1) is 19.3 Å². The quantitative estimate of drug-likeness (QED) is 0.308. The minimum Gasteiger partial charge on any atom is -0.379 e. The summed E-state index contributed by atoms with van der Waals surface area (Å²) in [4.78, 5) is 6.64. The number of morpholine rings is 1. The van der Waals surface area contributed by atoms with E-state index in [9.17, 15) is 4.39 Å². The van der Waals surface area contributed by atoms with Gasteiger partial charge in [0, 0.05) is 46.2 Å². The van der Waals surface area contributed by atoms with Crippen LogP contribution in [0.4, 0.5) is 4.39 Å². The molecule has 1 unspecified atom stereocenters. The topological polar surface area (TPSA) is 79.6 Å². The highest BCUT2D eigenvalue weighted by atomic mass is 127. The number of aliphatic imine (C=N–C) groups is 1. The summed E-state index contributed by atoms with van der Waals surface area (Å²) in [6, 6.07) is 6.85. The Balaban J connectivity index is 0.00000320. The third-order valence-corrected chi connectivity index (χ3v) is 5.06. The van der Waals surface area contributed by atoms with Gasteiger partial charge >= 0.3 is 0 Å². The van der Waals surface area contributed by atoms with Crippen LogP contribution in [0.15, 0.2) is 35.6 Å². The van der Waals surface area contributed by atoms with Crippen LogP contribution in [-0.4, -0.2) is 72.1 Å². The van der Waals surface area contributed by atoms with Gasteiger partial charge in [0.2, 0.25) is 0 Å². The number of rotatable bonds is 8. The highest BCUT2D eigenvalue weighted by Crippen LogP contribution is 2.22. The van der Waals surface area contributed by atoms with E-state index in [4.69, 9.17) is 4.74 Å². The van der Waals surface area contributed by atoms with Gasteiger partial charge in [-0.05, 0) is 17.7 Å². The van der Waals surface area contributed by atoms with E-state index in [1.165, 1.54) is 6.07 Å². The first-order valence-corrected chi connectivity index (χ1v) is 10.1. The molecule has 1 saturated heterocycles. The molecule has 0 bridgehead atoms. The highest BCUT2D eigenvalue weighted by molar-refractivity contribution is 14.0. The highest BCUT2D eigenvalue weighted by Gasteiger charge is 2.23. The van der Waals surface area contributed by atoms with Crippen LogP contribution in [0.1, 0.15) is 24.4 Å². The fraction of sp³-hybridized carbons (Fsp3) is 0.550. The molecule has 8 nitrogen and oxygen atoms in total. The Morgan fingerprint density at radius 1 is 1.30 bits per heavy atom. The number of nitrogens with zero attached hydrogens (tertiary/aromatic N) is 5. The predicted molar refractivity (Wildman–Crippen MR) is 126 cm³/mol. The van der Waals surface area contributed by atoms with Crippen LogP contribution in [0, 0.1) is 5.82 Å². The molecule has 30 heavy (non-hydrogen) atoms. The molecule has 10 heteroatoms. The van der Waals surface area contributed by atoms with Crippen molar-refractivity contribution in [1.82, 2.24) is 30.3 Å². The molecule has 0 saturated carbocycles. The number of aromatic nitrogens is 3. The molecule has 2 aromatic rings. The molecule has 0 radical (unpaired) electrons. The van der Waals surface area contributed by atoms with Gasteiger partial charge in [0.15, 0.2) is 5.96 Å². The lowest BCUT2D eigenvalue weighted by Gasteiger charge is -2.35. The molecular formula is C20H31FIN7O. The number of hydrogen-bond donors (Lipinski definition) is 2. The maximum atomic E-state index is 13.8. The first kappa shape index (κ1) is 24.5. The predicted octanol–water partition coefficient (Wildman–Crippen LogP) is 1.84. The molecule has 3 rings (SSSR count). The Morgan fingerprint density at radius 3 is 2.80 bits per heavy atom. The van der Waals surface area contributed by atoms with Gasteiger partial charge < -0.3 is 19.9 Å². The third kappa shape index (κ3) is 6.88. The average Bonchev–Trinajstić information content (AvgIpc) is 3.21. The summed E-state index contributed by atoms with van der Waals surface area (Å²) in [5.74, 6) is 1.46. The summed E-state index contributed by atoms with van der Waals surface area (Å²) in [6.07, 6.45) is 2.59. The second-order valence-electron chi connectivity index (χ2n) is 6.89. The Bertz CT molecular complexity index is 795. The van der Waals surface area contributed by atoms with Crippen molar-refractivity contribution in [3.63, 3.8) is 0 Å². The van der Waals surface area contributed by atoms with Crippen molar-refractivity contribution in [1.29, 1.82) is 0 Å². The van der Waals surface area contributed by atoms with Crippen molar-refractivity contribution in [2.45, 2.75) is 25.9 Å².